The molecule has 3 rings (SSSR count). The Morgan fingerprint density at radius 1 is 1.32 bits per heavy atom. The molecule has 2 fully saturated rings. The van der Waals surface area contributed by atoms with Crippen LogP contribution < -0.4 is 10.1 Å². The van der Waals surface area contributed by atoms with Crippen LogP contribution in [0.4, 0.5) is 4.79 Å². The van der Waals surface area contributed by atoms with Gasteiger partial charge >= 0.3 is 6.03 Å². The van der Waals surface area contributed by atoms with Crippen LogP contribution in [-0.2, 0) is 4.79 Å². The SMILES string of the molecule is C[C@@H]1CC(C)(C)C[C@]2(C1)NC(=O)N(C[C@H](O)COc1ccc(C#N)cc1)C2=O. The molecule has 3 amide bonds. The van der Waals surface area contributed by atoms with Crippen molar-refractivity contribution < 1.29 is 19.4 Å². The molecule has 0 radical (unpaired) electrons. The highest BCUT2D eigenvalue weighted by Crippen LogP contribution is 2.46. The first-order valence-corrected chi connectivity index (χ1v) is 9.59. The second-order valence-electron chi connectivity index (χ2n) is 8.88. The molecule has 1 aromatic carbocycles. The molecule has 7 heteroatoms. The number of hydrogen-bond donors (Lipinski definition) is 2. The van der Waals surface area contributed by atoms with Crippen molar-refractivity contribution in [1.82, 2.24) is 10.2 Å². The lowest BCUT2D eigenvalue weighted by molar-refractivity contribution is -0.135. The average molecular weight is 385 g/mol. The minimum Gasteiger partial charge on any atom is -0.491 e. The topological polar surface area (TPSA) is 103 Å². The molecule has 28 heavy (non-hydrogen) atoms. The first-order chi connectivity index (χ1) is 13.1. The maximum Gasteiger partial charge on any atom is 0.325 e. The smallest absolute Gasteiger partial charge is 0.325 e. The average Bonchev–Trinajstić information content (AvgIpc) is 2.82. The first-order valence-electron chi connectivity index (χ1n) is 9.59. The van der Waals surface area contributed by atoms with Gasteiger partial charge in [0.2, 0.25) is 0 Å². The van der Waals surface area contributed by atoms with E-state index >= 15 is 0 Å². The number of carbonyl (C=O) groups excluding carboxylic acids is 2. The van der Waals surface area contributed by atoms with Crippen molar-refractivity contribution in [3.05, 3.63) is 29.8 Å². The monoisotopic (exact) mass is 385 g/mol. The Balaban J connectivity index is 1.61. The first kappa shape index (κ1) is 20.2. The van der Waals surface area contributed by atoms with Gasteiger partial charge in [0.25, 0.3) is 5.91 Å². The standard InChI is InChI=1S/C21H27N3O4/c1-14-8-20(2,3)13-21(9-14)18(26)24(19(27)23-21)11-16(25)12-28-17-6-4-15(10-22)5-7-17/h4-7,14,16,25H,8-9,11-13H2,1-3H3,(H,23,27)/t14-,16+,21+/m1/s1. The summed E-state index contributed by atoms with van der Waals surface area (Å²) in [7, 11) is 0. The van der Waals surface area contributed by atoms with E-state index in [-0.39, 0.29) is 24.5 Å². The maximum atomic E-state index is 13.1. The highest BCUT2D eigenvalue weighted by molar-refractivity contribution is 6.07. The van der Waals surface area contributed by atoms with Gasteiger partial charge in [-0.15, -0.1) is 0 Å². The predicted octanol–water partition coefficient (Wildman–Crippen LogP) is 2.43. The molecule has 1 heterocycles. The van der Waals surface area contributed by atoms with Gasteiger partial charge in [-0.3, -0.25) is 9.69 Å². The van der Waals surface area contributed by atoms with Crippen molar-refractivity contribution in [3.8, 4) is 11.8 Å². The van der Waals surface area contributed by atoms with Gasteiger partial charge in [0.1, 0.15) is 24.0 Å². The van der Waals surface area contributed by atoms with E-state index in [1.54, 1.807) is 24.3 Å². The van der Waals surface area contributed by atoms with Crippen LogP contribution in [0.25, 0.3) is 0 Å². The molecule has 1 spiro atoms. The normalized spacial score (nSPS) is 27.4. The van der Waals surface area contributed by atoms with E-state index < -0.39 is 17.7 Å². The van der Waals surface area contributed by atoms with E-state index in [1.165, 1.54) is 0 Å². The largest absolute Gasteiger partial charge is 0.491 e. The number of urea groups is 1. The second-order valence-corrected chi connectivity index (χ2v) is 8.88. The van der Waals surface area contributed by atoms with Crippen molar-refractivity contribution in [2.24, 2.45) is 11.3 Å². The minimum atomic E-state index is -1.01. The number of imide groups is 1. The minimum absolute atomic E-state index is 0.0338. The van der Waals surface area contributed by atoms with Crippen LogP contribution in [0.1, 0.15) is 45.6 Å². The summed E-state index contributed by atoms with van der Waals surface area (Å²) in [5.41, 5.74) is -0.387. The van der Waals surface area contributed by atoms with Gasteiger partial charge in [-0.1, -0.05) is 20.8 Å². The third-order valence-corrected chi connectivity index (χ3v) is 5.44. The van der Waals surface area contributed by atoms with Crippen molar-refractivity contribution >= 4 is 11.9 Å². The number of benzene rings is 1. The number of nitrogens with zero attached hydrogens (tertiary/aromatic N) is 2. The van der Waals surface area contributed by atoms with E-state index in [0.717, 1.165) is 11.3 Å². The molecular formula is C21H27N3O4. The molecule has 0 unspecified atom stereocenters. The molecule has 2 N–H and O–H groups in total. The summed E-state index contributed by atoms with van der Waals surface area (Å²) in [6.07, 6.45) is 1.23. The highest BCUT2D eigenvalue weighted by atomic mass is 16.5. The zero-order valence-electron chi connectivity index (χ0n) is 16.6. The molecule has 1 saturated carbocycles. The van der Waals surface area contributed by atoms with Crippen molar-refractivity contribution in [2.45, 2.75) is 51.7 Å². The van der Waals surface area contributed by atoms with Gasteiger partial charge in [-0.25, -0.2) is 4.79 Å². The van der Waals surface area contributed by atoms with Crippen LogP contribution in [0.2, 0.25) is 0 Å². The molecule has 0 aromatic heterocycles. The van der Waals surface area contributed by atoms with E-state index in [4.69, 9.17) is 10.00 Å². The molecule has 150 valence electrons. The fraction of sp³-hybridized carbons (Fsp3) is 0.571. The summed E-state index contributed by atoms with van der Waals surface area (Å²) in [6, 6.07) is 8.09. The quantitative estimate of drug-likeness (QED) is 0.758. The molecule has 1 aliphatic heterocycles. The Kier molecular flexibility index (Phi) is 5.35. The van der Waals surface area contributed by atoms with Gasteiger partial charge in [-0.2, -0.15) is 5.26 Å². The summed E-state index contributed by atoms with van der Waals surface area (Å²) in [6.45, 7) is 6.17. The summed E-state index contributed by atoms with van der Waals surface area (Å²) < 4.78 is 5.51. The number of hydrogen-bond acceptors (Lipinski definition) is 5. The van der Waals surface area contributed by atoms with Gasteiger partial charge < -0.3 is 15.2 Å². The van der Waals surface area contributed by atoms with E-state index in [2.05, 4.69) is 26.1 Å². The second kappa shape index (κ2) is 7.44. The van der Waals surface area contributed by atoms with Gasteiger partial charge in [0.15, 0.2) is 0 Å². The Morgan fingerprint density at radius 2 is 2.00 bits per heavy atom. The predicted molar refractivity (Wildman–Crippen MR) is 102 cm³/mol. The Hall–Kier alpha value is -2.59. The van der Waals surface area contributed by atoms with Crippen LogP contribution in [0.3, 0.4) is 0 Å². The molecule has 1 saturated heterocycles. The number of ether oxygens (including phenoxy) is 1. The number of aliphatic hydroxyl groups is 1. The number of nitriles is 1. The fourth-order valence-corrected chi connectivity index (χ4v) is 4.75. The summed E-state index contributed by atoms with van der Waals surface area (Å²) in [5.74, 6) is 0.585. The molecule has 7 nitrogen and oxygen atoms in total. The van der Waals surface area contributed by atoms with Crippen LogP contribution in [0.5, 0.6) is 5.75 Å². The van der Waals surface area contributed by atoms with Gasteiger partial charge in [-0.05, 0) is 54.9 Å². The Bertz CT molecular complexity index is 799. The molecule has 1 aliphatic carbocycles. The van der Waals surface area contributed by atoms with Crippen LogP contribution in [0.15, 0.2) is 24.3 Å². The van der Waals surface area contributed by atoms with Crippen molar-refractivity contribution in [2.75, 3.05) is 13.2 Å². The number of rotatable bonds is 5. The Labute approximate surface area is 165 Å². The zero-order valence-corrected chi connectivity index (χ0v) is 16.6. The number of aliphatic hydroxyl groups excluding tert-OH is 1. The van der Waals surface area contributed by atoms with Crippen molar-refractivity contribution in [1.29, 1.82) is 5.26 Å². The summed E-state index contributed by atoms with van der Waals surface area (Å²) >= 11 is 0. The third-order valence-electron chi connectivity index (χ3n) is 5.44. The van der Waals surface area contributed by atoms with Crippen LogP contribution >= 0.6 is 0 Å². The molecular weight excluding hydrogens is 358 g/mol. The van der Waals surface area contributed by atoms with E-state index in [1.807, 2.05) is 6.07 Å². The molecule has 0 bridgehead atoms. The third kappa shape index (κ3) is 4.12. The summed E-state index contributed by atoms with van der Waals surface area (Å²) in [5, 5.41) is 22.0. The highest BCUT2D eigenvalue weighted by Gasteiger charge is 2.56. The zero-order chi connectivity index (χ0) is 20.5. The maximum absolute atomic E-state index is 13.1. The molecule has 2 aliphatic rings. The molecule has 1 aromatic rings. The lowest BCUT2D eigenvalue weighted by Gasteiger charge is -2.43. The number of amides is 3. The number of nitrogens with one attached hydrogen (secondary N) is 1. The lowest BCUT2D eigenvalue weighted by Crippen LogP contribution is -2.54. The van der Waals surface area contributed by atoms with Crippen LogP contribution in [-0.4, -0.2) is 46.7 Å². The van der Waals surface area contributed by atoms with Crippen molar-refractivity contribution in [3.63, 3.8) is 0 Å². The summed E-state index contributed by atoms with van der Waals surface area (Å²) in [4.78, 5) is 26.6. The number of β-amino-alcohol motifs (C(OH)–C–C–N with tert-alkyl or cyclic N) is 1. The van der Waals surface area contributed by atoms with Gasteiger partial charge in [0.05, 0.1) is 18.2 Å². The Morgan fingerprint density at radius 3 is 2.61 bits per heavy atom. The van der Waals surface area contributed by atoms with E-state index in [0.29, 0.717) is 30.1 Å². The number of carbonyl (C=O) groups is 2. The van der Waals surface area contributed by atoms with Crippen LogP contribution in [0, 0.1) is 22.7 Å². The lowest BCUT2D eigenvalue weighted by atomic mass is 9.64. The fourth-order valence-electron chi connectivity index (χ4n) is 4.75. The van der Waals surface area contributed by atoms with E-state index in [9.17, 15) is 14.7 Å². The van der Waals surface area contributed by atoms with Gasteiger partial charge in [0, 0.05) is 0 Å². The molecule has 3 atom stereocenters.